The van der Waals surface area contributed by atoms with Crippen molar-refractivity contribution < 1.29 is 18.7 Å². The molecule has 0 atom stereocenters. The predicted octanol–water partition coefficient (Wildman–Crippen LogP) is 3.13. The van der Waals surface area contributed by atoms with Crippen LogP contribution in [0.1, 0.15) is 0 Å². The summed E-state index contributed by atoms with van der Waals surface area (Å²) in [6.07, 6.45) is 1.49. The SMILES string of the molecule is COc1ccc(-c2ccc3nnc(SCC(=O)Nc4ccco4)n3n2)cc1OC. The molecule has 0 unspecified atom stereocenters. The van der Waals surface area contributed by atoms with Crippen LogP contribution in [0, 0.1) is 0 Å². The molecule has 3 heterocycles. The first-order valence-corrected chi connectivity index (χ1v) is 9.57. The molecular weight excluding hydrogens is 394 g/mol. The first kappa shape index (κ1) is 18.8. The Labute approximate surface area is 170 Å². The minimum Gasteiger partial charge on any atom is -0.493 e. The lowest BCUT2D eigenvalue weighted by atomic mass is 10.1. The van der Waals surface area contributed by atoms with E-state index in [-0.39, 0.29) is 11.7 Å². The van der Waals surface area contributed by atoms with E-state index in [9.17, 15) is 4.79 Å². The number of thioether (sulfide) groups is 1. The summed E-state index contributed by atoms with van der Waals surface area (Å²) in [5.41, 5.74) is 2.15. The van der Waals surface area contributed by atoms with Crippen LogP contribution in [0.3, 0.4) is 0 Å². The number of carbonyl (C=O) groups excluding carboxylic acids is 1. The smallest absolute Gasteiger partial charge is 0.237 e. The summed E-state index contributed by atoms with van der Waals surface area (Å²) >= 11 is 1.23. The minimum absolute atomic E-state index is 0.143. The average Bonchev–Trinajstić information content (AvgIpc) is 3.41. The summed E-state index contributed by atoms with van der Waals surface area (Å²) in [5, 5.41) is 16.0. The molecule has 4 rings (SSSR count). The van der Waals surface area contributed by atoms with Crippen molar-refractivity contribution in [2.24, 2.45) is 0 Å². The van der Waals surface area contributed by atoms with Gasteiger partial charge in [0.05, 0.1) is 31.9 Å². The van der Waals surface area contributed by atoms with Crippen molar-refractivity contribution in [3.8, 4) is 22.8 Å². The van der Waals surface area contributed by atoms with E-state index in [1.165, 1.54) is 18.0 Å². The molecule has 0 fully saturated rings. The van der Waals surface area contributed by atoms with E-state index < -0.39 is 0 Å². The maximum Gasteiger partial charge on any atom is 0.237 e. The number of anilines is 1. The number of nitrogens with zero attached hydrogens (tertiary/aromatic N) is 4. The molecule has 9 nitrogen and oxygen atoms in total. The van der Waals surface area contributed by atoms with Gasteiger partial charge in [0.25, 0.3) is 0 Å². The van der Waals surface area contributed by atoms with Gasteiger partial charge in [-0.25, -0.2) is 0 Å². The first-order chi connectivity index (χ1) is 14.2. The molecule has 0 radical (unpaired) electrons. The van der Waals surface area contributed by atoms with Gasteiger partial charge < -0.3 is 13.9 Å². The van der Waals surface area contributed by atoms with Crippen LogP contribution >= 0.6 is 11.8 Å². The van der Waals surface area contributed by atoms with Crippen LogP contribution in [0.25, 0.3) is 16.9 Å². The molecule has 0 saturated carbocycles. The topological polar surface area (TPSA) is 104 Å². The van der Waals surface area contributed by atoms with E-state index >= 15 is 0 Å². The fourth-order valence-corrected chi connectivity index (χ4v) is 3.35. The Hall–Kier alpha value is -3.53. The number of nitrogens with one attached hydrogen (secondary N) is 1. The zero-order valence-electron chi connectivity index (χ0n) is 15.7. The molecule has 10 heteroatoms. The quantitative estimate of drug-likeness (QED) is 0.463. The number of benzene rings is 1. The van der Waals surface area contributed by atoms with Crippen LogP contribution < -0.4 is 14.8 Å². The number of rotatable bonds is 7. The van der Waals surface area contributed by atoms with Crippen molar-refractivity contribution >= 4 is 29.2 Å². The Bertz CT molecular complexity index is 1140. The fraction of sp³-hybridized carbons (Fsp3) is 0.158. The molecule has 0 aliphatic carbocycles. The number of hydrogen-bond acceptors (Lipinski definition) is 8. The predicted molar refractivity (Wildman–Crippen MR) is 107 cm³/mol. The molecule has 1 amide bonds. The molecule has 0 saturated heterocycles. The molecule has 4 aromatic rings. The molecule has 3 aromatic heterocycles. The summed E-state index contributed by atoms with van der Waals surface area (Å²) in [5.74, 6) is 1.58. The number of fused-ring (bicyclic) bond motifs is 1. The Kier molecular flexibility index (Phi) is 5.34. The first-order valence-electron chi connectivity index (χ1n) is 8.59. The lowest BCUT2D eigenvalue weighted by Crippen LogP contribution is -2.13. The van der Waals surface area contributed by atoms with Crippen LogP contribution in [-0.4, -0.2) is 45.7 Å². The van der Waals surface area contributed by atoms with Gasteiger partial charge in [-0.1, -0.05) is 11.8 Å². The van der Waals surface area contributed by atoms with Gasteiger partial charge in [-0.3, -0.25) is 10.1 Å². The maximum absolute atomic E-state index is 12.1. The molecule has 1 N–H and O–H groups in total. The van der Waals surface area contributed by atoms with Crippen LogP contribution in [0.5, 0.6) is 11.5 Å². The monoisotopic (exact) mass is 411 g/mol. The lowest BCUT2D eigenvalue weighted by Gasteiger charge is -2.09. The second-order valence-electron chi connectivity index (χ2n) is 5.86. The van der Waals surface area contributed by atoms with E-state index in [1.807, 2.05) is 30.3 Å². The Balaban J connectivity index is 1.55. The van der Waals surface area contributed by atoms with E-state index in [4.69, 9.17) is 13.9 Å². The highest BCUT2D eigenvalue weighted by Gasteiger charge is 2.13. The number of ether oxygens (including phenoxy) is 2. The third-order valence-electron chi connectivity index (χ3n) is 4.03. The Morgan fingerprint density at radius 2 is 2.00 bits per heavy atom. The van der Waals surface area contributed by atoms with Gasteiger partial charge in [-0.05, 0) is 36.4 Å². The highest BCUT2D eigenvalue weighted by Crippen LogP contribution is 2.31. The molecule has 0 bridgehead atoms. The summed E-state index contributed by atoms with van der Waals surface area (Å²) in [6.45, 7) is 0. The van der Waals surface area contributed by atoms with Gasteiger partial charge in [0.15, 0.2) is 23.0 Å². The summed E-state index contributed by atoms with van der Waals surface area (Å²) in [4.78, 5) is 12.1. The summed E-state index contributed by atoms with van der Waals surface area (Å²) in [7, 11) is 3.17. The van der Waals surface area contributed by atoms with Crippen molar-refractivity contribution in [3.63, 3.8) is 0 Å². The number of carbonyl (C=O) groups is 1. The van der Waals surface area contributed by atoms with Gasteiger partial charge >= 0.3 is 0 Å². The van der Waals surface area contributed by atoms with Crippen molar-refractivity contribution in [1.29, 1.82) is 0 Å². The fourth-order valence-electron chi connectivity index (χ4n) is 2.66. The van der Waals surface area contributed by atoms with Crippen LogP contribution in [-0.2, 0) is 4.79 Å². The number of furan rings is 1. The maximum atomic E-state index is 12.1. The van der Waals surface area contributed by atoms with Gasteiger partial charge in [-0.2, -0.15) is 9.61 Å². The third-order valence-corrected chi connectivity index (χ3v) is 4.95. The Morgan fingerprint density at radius 1 is 1.14 bits per heavy atom. The zero-order valence-corrected chi connectivity index (χ0v) is 16.5. The molecule has 29 heavy (non-hydrogen) atoms. The molecule has 148 valence electrons. The van der Waals surface area contributed by atoms with E-state index in [1.54, 1.807) is 30.9 Å². The number of aromatic nitrogens is 4. The van der Waals surface area contributed by atoms with Crippen LogP contribution in [0.4, 0.5) is 5.88 Å². The third kappa shape index (κ3) is 4.02. The molecule has 1 aromatic carbocycles. The van der Waals surface area contributed by atoms with Crippen LogP contribution in [0.2, 0.25) is 0 Å². The van der Waals surface area contributed by atoms with Crippen molar-refractivity contribution in [2.75, 3.05) is 25.3 Å². The minimum atomic E-state index is -0.210. The lowest BCUT2D eigenvalue weighted by molar-refractivity contribution is -0.113. The zero-order chi connectivity index (χ0) is 20.2. The summed E-state index contributed by atoms with van der Waals surface area (Å²) in [6, 6.07) is 12.6. The highest BCUT2D eigenvalue weighted by atomic mass is 32.2. The van der Waals surface area contributed by atoms with Gasteiger partial charge in [-0.15, -0.1) is 10.2 Å². The van der Waals surface area contributed by atoms with Gasteiger partial charge in [0.2, 0.25) is 11.1 Å². The largest absolute Gasteiger partial charge is 0.493 e. The van der Waals surface area contributed by atoms with Crippen molar-refractivity contribution in [1.82, 2.24) is 19.8 Å². The number of amides is 1. The second kappa shape index (κ2) is 8.23. The van der Waals surface area contributed by atoms with Crippen molar-refractivity contribution in [2.45, 2.75) is 5.16 Å². The number of hydrogen-bond donors (Lipinski definition) is 1. The van der Waals surface area contributed by atoms with E-state index in [0.717, 1.165) is 5.56 Å². The molecule has 0 spiro atoms. The number of methoxy groups -OCH3 is 2. The highest BCUT2D eigenvalue weighted by molar-refractivity contribution is 7.99. The molecule has 0 aliphatic heterocycles. The second-order valence-corrected chi connectivity index (χ2v) is 6.80. The normalized spacial score (nSPS) is 10.8. The van der Waals surface area contributed by atoms with E-state index in [0.29, 0.717) is 33.9 Å². The van der Waals surface area contributed by atoms with E-state index in [2.05, 4.69) is 20.6 Å². The standard InChI is InChI=1S/C19H17N5O4S/c1-26-14-7-5-12(10-15(14)27-2)13-6-8-16-21-22-19(24(16)23-13)29-11-17(25)20-18-4-3-9-28-18/h3-10H,11H2,1-2H3,(H,20,25). The summed E-state index contributed by atoms with van der Waals surface area (Å²) < 4.78 is 17.4. The van der Waals surface area contributed by atoms with Gasteiger partial charge in [0, 0.05) is 11.6 Å². The van der Waals surface area contributed by atoms with Crippen molar-refractivity contribution in [3.05, 3.63) is 48.7 Å². The average molecular weight is 411 g/mol. The van der Waals surface area contributed by atoms with Crippen LogP contribution in [0.15, 0.2) is 58.3 Å². The molecule has 0 aliphatic rings. The Morgan fingerprint density at radius 3 is 2.76 bits per heavy atom. The van der Waals surface area contributed by atoms with Gasteiger partial charge in [0.1, 0.15) is 0 Å². The molecular formula is C19H17N5O4S.